The summed E-state index contributed by atoms with van der Waals surface area (Å²) in [5.74, 6) is -0.539. The van der Waals surface area contributed by atoms with E-state index in [4.69, 9.17) is 11.6 Å². The summed E-state index contributed by atoms with van der Waals surface area (Å²) < 4.78 is 6.62. The van der Waals surface area contributed by atoms with E-state index >= 15 is 0 Å². The van der Waals surface area contributed by atoms with Crippen molar-refractivity contribution < 1.29 is 9.53 Å². The fraction of sp³-hybridized carbons (Fsp3) is 0.400. The van der Waals surface area contributed by atoms with Gasteiger partial charge in [-0.05, 0) is 25.6 Å². The second-order valence-corrected chi connectivity index (χ2v) is 6.54. The van der Waals surface area contributed by atoms with E-state index < -0.39 is 5.97 Å². The van der Waals surface area contributed by atoms with E-state index in [0.29, 0.717) is 9.50 Å². The molecule has 0 bridgehead atoms. The van der Waals surface area contributed by atoms with Gasteiger partial charge in [0.1, 0.15) is 0 Å². The summed E-state index contributed by atoms with van der Waals surface area (Å²) in [6, 6.07) is -0.0424. The Bertz CT molecular complexity index is 691. The standard InChI is InChI=1S/C10H11ClN4O3S2/c1-4(2)15-8(17)13-14-9(15)20-10-12-6(11)5(19-10)7(16)18-3/h4H,1-3H3,(H,13,17). The van der Waals surface area contributed by atoms with Gasteiger partial charge in [0, 0.05) is 6.04 Å². The van der Waals surface area contributed by atoms with Crippen molar-refractivity contribution in [3.05, 3.63) is 20.5 Å². The van der Waals surface area contributed by atoms with Crippen LogP contribution < -0.4 is 5.69 Å². The first-order chi connectivity index (χ1) is 9.43. The molecule has 0 amide bonds. The maximum absolute atomic E-state index is 11.6. The van der Waals surface area contributed by atoms with Crippen LogP contribution in [0.2, 0.25) is 5.15 Å². The Balaban J connectivity index is 2.32. The molecule has 20 heavy (non-hydrogen) atoms. The second-order valence-electron chi connectivity index (χ2n) is 3.97. The molecule has 1 N–H and O–H groups in total. The lowest BCUT2D eigenvalue weighted by atomic mass is 10.4. The van der Waals surface area contributed by atoms with Gasteiger partial charge in [-0.15, -0.1) is 5.10 Å². The first-order valence-corrected chi connectivity index (χ1v) is 7.54. The number of carbonyl (C=O) groups is 1. The molecule has 0 unspecified atom stereocenters. The molecule has 0 fully saturated rings. The zero-order chi connectivity index (χ0) is 14.9. The summed E-state index contributed by atoms with van der Waals surface area (Å²) >= 11 is 8.14. The number of halogens is 1. The highest BCUT2D eigenvalue weighted by Crippen LogP contribution is 2.34. The van der Waals surface area contributed by atoms with Gasteiger partial charge in [0.15, 0.2) is 19.5 Å². The molecular formula is C10H11ClN4O3S2. The summed E-state index contributed by atoms with van der Waals surface area (Å²) in [7, 11) is 1.27. The van der Waals surface area contributed by atoms with Gasteiger partial charge in [-0.25, -0.2) is 19.7 Å². The number of hydrogen-bond donors (Lipinski definition) is 1. The number of hydrogen-bond acceptors (Lipinski definition) is 7. The van der Waals surface area contributed by atoms with Gasteiger partial charge in [0.25, 0.3) is 0 Å². The first-order valence-electron chi connectivity index (χ1n) is 5.53. The number of thiazole rings is 1. The summed E-state index contributed by atoms with van der Waals surface area (Å²) in [5, 5.41) is 6.86. The molecule has 0 saturated carbocycles. The number of ether oxygens (including phenoxy) is 1. The van der Waals surface area contributed by atoms with Gasteiger partial charge >= 0.3 is 11.7 Å². The van der Waals surface area contributed by atoms with Crippen molar-refractivity contribution >= 4 is 40.7 Å². The normalized spacial score (nSPS) is 11.1. The predicted octanol–water partition coefficient (Wildman–Crippen LogP) is 2.20. The minimum atomic E-state index is -0.539. The smallest absolute Gasteiger partial charge is 0.351 e. The van der Waals surface area contributed by atoms with Gasteiger partial charge in [0.2, 0.25) is 0 Å². The Labute approximate surface area is 127 Å². The molecule has 0 aromatic carbocycles. The molecule has 2 aromatic rings. The van der Waals surface area contributed by atoms with E-state index in [1.165, 1.54) is 11.7 Å². The van der Waals surface area contributed by atoms with Gasteiger partial charge in [0.05, 0.1) is 7.11 Å². The molecule has 0 aliphatic rings. The third-order valence-corrected chi connectivity index (χ3v) is 4.76. The van der Waals surface area contributed by atoms with Crippen LogP contribution in [0.3, 0.4) is 0 Å². The molecule has 0 aliphatic heterocycles. The lowest BCUT2D eigenvalue weighted by molar-refractivity contribution is 0.0606. The third-order valence-electron chi connectivity index (χ3n) is 2.30. The molecule has 108 valence electrons. The van der Waals surface area contributed by atoms with Gasteiger partial charge < -0.3 is 4.74 Å². The molecular weight excluding hydrogens is 324 g/mol. The topological polar surface area (TPSA) is 89.9 Å². The highest BCUT2D eigenvalue weighted by Gasteiger charge is 2.20. The number of nitrogens with one attached hydrogen (secondary N) is 1. The Morgan fingerprint density at radius 3 is 2.85 bits per heavy atom. The fourth-order valence-electron chi connectivity index (χ4n) is 1.44. The van der Waals surface area contributed by atoms with Crippen LogP contribution in [0.15, 0.2) is 14.3 Å². The van der Waals surface area contributed by atoms with Crippen molar-refractivity contribution in [2.75, 3.05) is 7.11 Å². The van der Waals surface area contributed by atoms with Crippen molar-refractivity contribution in [2.45, 2.75) is 29.4 Å². The molecule has 2 aromatic heterocycles. The minimum Gasteiger partial charge on any atom is -0.465 e. The average molecular weight is 335 g/mol. The zero-order valence-electron chi connectivity index (χ0n) is 10.8. The average Bonchev–Trinajstić information content (AvgIpc) is 2.92. The lowest BCUT2D eigenvalue weighted by Gasteiger charge is -2.06. The maximum atomic E-state index is 11.6. The number of H-pyrrole nitrogens is 1. The van der Waals surface area contributed by atoms with E-state index in [1.54, 1.807) is 0 Å². The molecule has 7 nitrogen and oxygen atoms in total. The van der Waals surface area contributed by atoms with Crippen molar-refractivity contribution in [3.63, 3.8) is 0 Å². The quantitative estimate of drug-likeness (QED) is 0.862. The fourth-order valence-corrected chi connectivity index (χ4v) is 3.84. The Kier molecular flexibility index (Phi) is 4.51. The molecule has 2 rings (SSSR count). The zero-order valence-corrected chi connectivity index (χ0v) is 13.2. The highest BCUT2D eigenvalue weighted by molar-refractivity contribution is 8.00. The van der Waals surface area contributed by atoms with Crippen LogP contribution >= 0.6 is 34.7 Å². The van der Waals surface area contributed by atoms with E-state index in [2.05, 4.69) is 19.9 Å². The Morgan fingerprint density at radius 1 is 1.55 bits per heavy atom. The largest absolute Gasteiger partial charge is 0.465 e. The van der Waals surface area contributed by atoms with Crippen LogP contribution in [0.4, 0.5) is 0 Å². The second kappa shape index (κ2) is 5.98. The van der Waals surface area contributed by atoms with Crippen LogP contribution in [0, 0.1) is 0 Å². The lowest BCUT2D eigenvalue weighted by Crippen LogP contribution is -2.19. The van der Waals surface area contributed by atoms with Crippen LogP contribution in [0.1, 0.15) is 29.6 Å². The summed E-state index contributed by atoms with van der Waals surface area (Å²) in [5.41, 5.74) is -0.293. The van der Waals surface area contributed by atoms with Crippen molar-refractivity contribution in [3.8, 4) is 0 Å². The number of esters is 1. The van der Waals surface area contributed by atoms with E-state index in [-0.39, 0.29) is 21.8 Å². The SMILES string of the molecule is COC(=O)c1sc(Sc2n[nH]c(=O)n2C(C)C)nc1Cl. The molecule has 0 spiro atoms. The number of aromatic amines is 1. The Morgan fingerprint density at radius 2 is 2.25 bits per heavy atom. The van der Waals surface area contributed by atoms with Crippen LogP contribution in [0.25, 0.3) is 0 Å². The van der Waals surface area contributed by atoms with Gasteiger partial charge in [-0.1, -0.05) is 22.9 Å². The highest BCUT2D eigenvalue weighted by atomic mass is 35.5. The third kappa shape index (κ3) is 2.89. The van der Waals surface area contributed by atoms with Crippen molar-refractivity contribution in [2.24, 2.45) is 0 Å². The van der Waals surface area contributed by atoms with Gasteiger partial charge in [-0.2, -0.15) is 0 Å². The predicted molar refractivity (Wildman–Crippen MR) is 75.8 cm³/mol. The molecule has 10 heteroatoms. The van der Waals surface area contributed by atoms with Crippen LogP contribution in [0.5, 0.6) is 0 Å². The maximum Gasteiger partial charge on any atom is 0.351 e. The van der Waals surface area contributed by atoms with Gasteiger partial charge in [-0.3, -0.25) is 4.57 Å². The summed E-state index contributed by atoms with van der Waals surface area (Å²) in [4.78, 5) is 27.4. The van der Waals surface area contributed by atoms with Crippen LogP contribution in [-0.2, 0) is 4.74 Å². The van der Waals surface area contributed by atoms with E-state index in [1.807, 2.05) is 13.8 Å². The van der Waals surface area contributed by atoms with E-state index in [0.717, 1.165) is 23.1 Å². The monoisotopic (exact) mass is 334 g/mol. The van der Waals surface area contributed by atoms with E-state index in [9.17, 15) is 9.59 Å². The molecule has 0 saturated heterocycles. The molecule has 2 heterocycles. The summed E-state index contributed by atoms with van der Waals surface area (Å²) in [6.45, 7) is 3.74. The number of aromatic nitrogens is 4. The number of rotatable bonds is 4. The molecule has 0 atom stereocenters. The number of nitrogens with zero attached hydrogens (tertiary/aromatic N) is 3. The van der Waals surface area contributed by atoms with Crippen LogP contribution in [-0.4, -0.2) is 32.8 Å². The number of methoxy groups -OCH3 is 1. The van der Waals surface area contributed by atoms with Crippen molar-refractivity contribution in [1.82, 2.24) is 19.7 Å². The molecule has 0 aliphatic carbocycles. The molecule has 0 radical (unpaired) electrons. The van der Waals surface area contributed by atoms with Crippen molar-refractivity contribution in [1.29, 1.82) is 0 Å². The minimum absolute atomic E-state index is 0.0424. The first kappa shape index (κ1) is 15.1. The number of carbonyl (C=O) groups excluding carboxylic acids is 1. The Hall–Kier alpha value is -1.32. The summed E-state index contributed by atoms with van der Waals surface area (Å²) in [6.07, 6.45) is 0.